The summed E-state index contributed by atoms with van der Waals surface area (Å²) in [4.78, 5) is 2.37. The van der Waals surface area contributed by atoms with Crippen LogP contribution in [0.2, 0.25) is 0 Å². The van der Waals surface area contributed by atoms with Crippen LogP contribution in [0.25, 0.3) is 0 Å². The van der Waals surface area contributed by atoms with Crippen LogP contribution in [0.1, 0.15) is 39.1 Å². The lowest BCUT2D eigenvalue weighted by molar-refractivity contribution is -0.0944. The maximum Gasteiger partial charge on any atom is 0.0964 e. The Balaban J connectivity index is 2.00. The van der Waals surface area contributed by atoms with Gasteiger partial charge in [0.2, 0.25) is 0 Å². The van der Waals surface area contributed by atoms with E-state index < -0.39 is 6.10 Å². The van der Waals surface area contributed by atoms with Gasteiger partial charge < -0.3 is 9.84 Å². The summed E-state index contributed by atoms with van der Waals surface area (Å²) in [7, 11) is 0. The number of morpholine rings is 1. The Morgan fingerprint density at radius 1 is 1.43 bits per heavy atom. The second-order valence-corrected chi connectivity index (χ2v) is 6.07. The van der Waals surface area contributed by atoms with Crippen molar-refractivity contribution in [3.63, 3.8) is 0 Å². The number of aliphatic hydroxyl groups excluding tert-OH is 1. The predicted octanol–water partition coefficient (Wildman–Crippen LogP) is 1.48. The first-order valence-electron chi connectivity index (χ1n) is 8.14. The fourth-order valence-electron chi connectivity index (χ4n) is 2.87. The standard InChI is InChI=1S/C16H29N3O2/c1-5-13-9-14(19(6-2)17-13)10-15(20)16-11-18(12(3)4)7-8-21-16/h9,12,15-16,20H,5-8,10-11H2,1-4H3. The molecule has 0 spiro atoms. The van der Waals surface area contributed by atoms with Gasteiger partial charge in [0, 0.05) is 37.8 Å². The van der Waals surface area contributed by atoms with Gasteiger partial charge in [0.25, 0.3) is 0 Å². The van der Waals surface area contributed by atoms with Crippen LogP contribution < -0.4 is 0 Å². The minimum atomic E-state index is -0.474. The number of hydrogen-bond donors (Lipinski definition) is 1. The van der Waals surface area contributed by atoms with Gasteiger partial charge in [-0.1, -0.05) is 6.92 Å². The molecule has 1 aliphatic heterocycles. The van der Waals surface area contributed by atoms with Crippen molar-refractivity contribution >= 4 is 0 Å². The number of aryl methyl sites for hydroxylation is 2. The first kappa shape index (κ1) is 16.5. The van der Waals surface area contributed by atoms with E-state index in [4.69, 9.17) is 4.74 Å². The Hall–Kier alpha value is -0.910. The Morgan fingerprint density at radius 2 is 2.19 bits per heavy atom. The van der Waals surface area contributed by atoms with Crippen LogP contribution in [0, 0.1) is 0 Å². The molecule has 1 aromatic rings. The first-order valence-corrected chi connectivity index (χ1v) is 8.14. The van der Waals surface area contributed by atoms with Crippen LogP contribution in [0.5, 0.6) is 0 Å². The molecular weight excluding hydrogens is 266 g/mol. The molecule has 5 nitrogen and oxygen atoms in total. The molecule has 0 amide bonds. The average molecular weight is 295 g/mol. The second-order valence-electron chi connectivity index (χ2n) is 6.07. The third kappa shape index (κ3) is 4.05. The van der Waals surface area contributed by atoms with E-state index in [0.29, 0.717) is 19.1 Å². The summed E-state index contributed by atoms with van der Waals surface area (Å²) >= 11 is 0. The van der Waals surface area contributed by atoms with Gasteiger partial charge >= 0.3 is 0 Å². The number of aromatic nitrogens is 2. The van der Waals surface area contributed by atoms with Gasteiger partial charge in [-0.15, -0.1) is 0 Å². The lowest BCUT2D eigenvalue weighted by Crippen LogP contribution is -2.50. The van der Waals surface area contributed by atoms with Crippen molar-refractivity contribution in [2.75, 3.05) is 19.7 Å². The van der Waals surface area contributed by atoms with Gasteiger partial charge in [-0.05, 0) is 33.3 Å². The summed E-state index contributed by atoms with van der Waals surface area (Å²) in [5.74, 6) is 0. The zero-order chi connectivity index (χ0) is 15.4. The topological polar surface area (TPSA) is 50.5 Å². The summed E-state index contributed by atoms with van der Waals surface area (Å²) in [6.45, 7) is 11.9. The van der Waals surface area contributed by atoms with Gasteiger partial charge in [0.05, 0.1) is 24.5 Å². The third-order valence-electron chi connectivity index (χ3n) is 4.28. The molecule has 120 valence electrons. The van der Waals surface area contributed by atoms with Crippen molar-refractivity contribution in [3.8, 4) is 0 Å². The number of rotatable bonds is 6. The van der Waals surface area contributed by atoms with E-state index in [1.807, 2.05) is 4.68 Å². The highest BCUT2D eigenvalue weighted by atomic mass is 16.5. The highest BCUT2D eigenvalue weighted by Gasteiger charge is 2.28. The van der Waals surface area contributed by atoms with E-state index >= 15 is 0 Å². The molecule has 1 N–H and O–H groups in total. The molecule has 0 radical (unpaired) electrons. The van der Waals surface area contributed by atoms with Crippen LogP contribution in [-0.2, 0) is 24.1 Å². The van der Waals surface area contributed by atoms with E-state index in [-0.39, 0.29) is 6.10 Å². The lowest BCUT2D eigenvalue weighted by atomic mass is 10.1. The summed E-state index contributed by atoms with van der Waals surface area (Å²) in [6, 6.07) is 2.60. The highest BCUT2D eigenvalue weighted by Crippen LogP contribution is 2.16. The monoisotopic (exact) mass is 295 g/mol. The molecular formula is C16H29N3O2. The minimum absolute atomic E-state index is 0.105. The quantitative estimate of drug-likeness (QED) is 0.863. The van der Waals surface area contributed by atoms with Crippen LogP contribution in [0.4, 0.5) is 0 Å². The van der Waals surface area contributed by atoms with Gasteiger partial charge in [0.1, 0.15) is 0 Å². The smallest absolute Gasteiger partial charge is 0.0964 e. The summed E-state index contributed by atoms with van der Waals surface area (Å²) in [5, 5.41) is 15.1. The first-order chi connectivity index (χ1) is 10.0. The molecule has 0 bridgehead atoms. The summed E-state index contributed by atoms with van der Waals surface area (Å²) in [6.07, 6.45) is 0.957. The minimum Gasteiger partial charge on any atom is -0.390 e. The fourth-order valence-corrected chi connectivity index (χ4v) is 2.87. The molecule has 0 aliphatic carbocycles. The molecule has 2 heterocycles. The number of aliphatic hydroxyl groups is 1. The Bertz CT molecular complexity index is 445. The molecule has 1 fully saturated rings. The molecule has 1 aromatic heterocycles. The molecule has 2 unspecified atom stereocenters. The Kier molecular flexibility index (Phi) is 5.79. The van der Waals surface area contributed by atoms with Gasteiger partial charge in [0.15, 0.2) is 0 Å². The molecule has 0 saturated carbocycles. The normalized spacial score (nSPS) is 21.9. The van der Waals surface area contributed by atoms with Crippen LogP contribution >= 0.6 is 0 Å². The molecule has 2 atom stereocenters. The molecule has 0 aromatic carbocycles. The summed E-state index contributed by atoms with van der Waals surface area (Å²) < 4.78 is 7.77. The zero-order valence-corrected chi connectivity index (χ0v) is 13.7. The van der Waals surface area contributed by atoms with Crippen molar-refractivity contribution < 1.29 is 9.84 Å². The second kappa shape index (κ2) is 7.38. The molecule has 5 heteroatoms. The van der Waals surface area contributed by atoms with Gasteiger partial charge in [-0.3, -0.25) is 9.58 Å². The third-order valence-corrected chi connectivity index (χ3v) is 4.28. The maximum atomic E-state index is 10.5. The van der Waals surface area contributed by atoms with Crippen molar-refractivity contribution in [1.82, 2.24) is 14.7 Å². The van der Waals surface area contributed by atoms with Gasteiger partial charge in [-0.25, -0.2) is 0 Å². The van der Waals surface area contributed by atoms with Crippen LogP contribution in [0.3, 0.4) is 0 Å². The van der Waals surface area contributed by atoms with Crippen molar-refractivity contribution in [2.24, 2.45) is 0 Å². The molecule has 2 rings (SSSR count). The molecule has 21 heavy (non-hydrogen) atoms. The number of hydrogen-bond acceptors (Lipinski definition) is 4. The number of nitrogens with zero attached hydrogens (tertiary/aromatic N) is 3. The van der Waals surface area contributed by atoms with E-state index in [1.165, 1.54) is 0 Å². The fraction of sp³-hybridized carbons (Fsp3) is 0.812. The highest BCUT2D eigenvalue weighted by molar-refractivity contribution is 5.12. The molecule has 1 aliphatic rings. The lowest BCUT2D eigenvalue weighted by Gasteiger charge is -2.37. The SMILES string of the molecule is CCc1cc(CC(O)C2CN(C(C)C)CCO2)n(CC)n1. The van der Waals surface area contributed by atoms with Crippen LogP contribution in [0.15, 0.2) is 6.07 Å². The average Bonchev–Trinajstić information content (AvgIpc) is 2.89. The largest absolute Gasteiger partial charge is 0.390 e. The van der Waals surface area contributed by atoms with E-state index in [9.17, 15) is 5.11 Å². The zero-order valence-electron chi connectivity index (χ0n) is 13.7. The Morgan fingerprint density at radius 3 is 2.81 bits per heavy atom. The van der Waals surface area contributed by atoms with Gasteiger partial charge in [-0.2, -0.15) is 5.10 Å². The van der Waals surface area contributed by atoms with E-state index in [2.05, 4.69) is 43.8 Å². The van der Waals surface area contributed by atoms with Crippen molar-refractivity contribution in [3.05, 3.63) is 17.5 Å². The maximum absolute atomic E-state index is 10.5. The molecule has 1 saturated heterocycles. The van der Waals surface area contributed by atoms with Crippen molar-refractivity contribution in [2.45, 2.75) is 65.3 Å². The number of ether oxygens (including phenoxy) is 1. The Labute approximate surface area is 127 Å². The predicted molar refractivity (Wildman–Crippen MR) is 83.4 cm³/mol. The van der Waals surface area contributed by atoms with Crippen LogP contribution in [-0.4, -0.2) is 57.7 Å². The van der Waals surface area contributed by atoms with E-state index in [1.54, 1.807) is 0 Å². The van der Waals surface area contributed by atoms with Crippen molar-refractivity contribution in [1.29, 1.82) is 0 Å². The van der Waals surface area contributed by atoms with E-state index in [0.717, 1.165) is 37.4 Å². The summed E-state index contributed by atoms with van der Waals surface area (Å²) in [5.41, 5.74) is 2.19.